The first-order valence-corrected chi connectivity index (χ1v) is 7.52. The van der Waals surface area contributed by atoms with Gasteiger partial charge < -0.3 is 9.80 Å². The highest BCUT2D eigenvalue weighted by atomic mass is 32.2. The minimum absolute atomic E-state index is 0.0836. The van der Waals surface area contributed by atoms with Crippen LogP contribution in [-0.2, 0) is 15.0 Å². The van der Waals surface area contributed by atoms with Crippen molar-refractivity contribution in [3.8, 4) is 0 Å². The van der Waals surface area contributed by atoms with Gasteiger partial charge in [0.25, 0.3) is 10.2 Å². The number of carbonyl (C=O) groups is 1. The van der Waals surface area contributed by atoms with Crippen molar-refractivity contribution in [1.29, 1.82) is 0 Å². The van der Waals surface area contributed by atoms with Crippen LogP contribution in [0.4, 0.5) is 0 Å². The molecule has 0 spiro atoms. The Morgan fingerprint density at radius 1 is 1.50 bits per heavy atom. The van der Waals surface area contributed by atoms with Crippen LogP contribution in [0.15, 0.2) is 0 Å². The van der Waals surface area contributed by atoms with E-state index >= 15 is 0 Å². The molecule has 1 heterocycles. The van der Waals surface area contributed by atoms with Crippen molar-refractivity contribution in [3.05, 3.63) is 0 Å². The number of piperidine rings is 1. The van der Waals surface area contributed by atoms with Gasteiger partial charge in [-0.2, -0.15) is 8.42 Å². The lowest BCUT2D eigenvalue weighted by Crippen LogP contribution is -2.46. The fraction of sp³-hybridized carbons (Fsp3) is 0.900. The van der Waals surface area contributed by atoms with Gasteiger partial charge in [-0.3, -0.25) is 4.79 Å². The number of amides is 1. The van der Waals surface area contributed by atoms with Crippen LogP contribution in [0, 0.1) is 5.92 Å². The number of rotatable bonds is 5. The fourth-order valence-electron chi connectivity index (χ4n) is 2.06. The number of likely N-dealkylation sites (N-methyl/N-ethyl adjacent to an activating group) is 1. The van der Waals surface area contributed by atoms with Gasteiger partial charge in [0.2, 0.25) is 5.91 Å². The number of hydrogen-bond acceptors (Lipinski definition) is 4. The number of carbonyl (C=O) groups excluding carboxylic acids is 1. The zero-order chi connectivity index (χ0) is 13.8. The monoisotopic (exact) mass is 278 g/mol. The highest BCUT2D eigenvalue weighted by molar-refractivity contribution is 7.87. The number of nitrogens with two attached hydrogens (primary N) is 1. The summed E-state index contributed by atoms with van der Waals surface area (Å²) in [7, 11) is 0.0563. The minimum atomic E-state index is -3.64. The third kappa shape index (κ3) is 5.76. The van der Waals surface area contributed by atoms with E-state index in [1.807, 2.05) is 19.0 Å². The highest BCUT2D eigenvalue weighted by Gasteiger charge is 2.24. The van der Waals surface area contributed by atoms with E-state index in [1.54, 1.807) is 4.90 Å². The Bertz CT molecular complexity index is 383. The average Bonchev–Trinajstić information content (AvgIpc) is 2.25. The van der Waals surface area contributed by atoms with Crippen molar-refractivity contribution in [1.82, 2.24) is 14.5 Å². The van der Waals surface area contributed by atoms with E-state index in [2.05, 4.69) is 4.72 Å². The lowest BCUT2D eigenvalue weighted by atomic mass is 9.98. The molecular formula is C10H22N4O3S. The second kappa shape index (κ2) is 6.46. The van der Waals surface area contributed by atoms with Gasteiger partial charge in [0.05, 0.1) is 6.54 Å². The van der Waals surface area contributed by atoms with Gasteiger partial charge in [-0.25, -0.2) is 9.86 Å². The lowest BCUT2D eigenvalue weighted by molar-refractivity contribution is -0.133. The maximum atomic E-state index is 11.9. The van der Waals surface area contributed by atoms with Crippen LogP contribution in [0.25, 0.3) is 0 Å². The first kappa shape index (κ1) is 15.4. The molecule has 0 radical (unpaired) electrons. The summed E-state index contributed by atoms with van der Waals surface area (Å²) in [5, 5.41) is 4.89. The molecule has 0 saturated carbocycles. The topological polar surface area (TPSA) is 95.7 Å². The van der Waals surface area contributed by atoms with Crippen molar-refractivity contribution < 1.29 is 13.2 Å². The summed E-state index contributed by atoms with van der Waals surface area (Å²) in [5.74, 6) is 0.225. The second-order valence-electron chi connectivity index (χ2n) is 4.98. The summed E-state index contributed by atoms with van der Waals surface area (Å²) in [5.41, 5.74) is 0. The Hall–Kier alpha value is -0.700. The minimum Gasteiger partial charge on any atom is -0.341 e. The molecule has 1 aliphatic heterocycles. The van der Waals surface area contributed by atoms with Crippen molar-refractivity contribution in [2.24, 2.45) is 11.1 Å². The Morgan fingerprint density at radius 2 is 2.17 bits per heavy atom. The average molecular weight is 278 g/mol. The van der Waals surface area contributed by atoms with Gasteiger partial charge in [0.1, 0.15) is 0 Å². The highest BCUT2D eigenvalue weighted by Crippen LogP contribution is 2.16. The van der Waals surface area contributed by atoms with Crippen LogP contribution in [0.3, 0.4) is 0 Å². The van der Waals surface area contributed by atoms with Crippen LogP contribution in [0.2, 0.25) is 0 Å². The molecule has 7 nitrogen and oxygen atoms in total. The Labute approximate surface area is 108 Å². The first-order valence-electron chi connectivity index (χ1n) is 5.98. The molecule has 1 saturated heterocycles. The Kier molecular flexibility index (Phi) is 5.51. The predicted molar refractivity (Wildman–Crippen MR) is 69.0 cm³/mol. The third-order valence-corrected chi connectivity index (χ3v) is 3.47. The van der Waals surface area contributed by atoms with E-state index < -0.39 is 10.2 Å². The molecule has 0 aromatic carbocycles. The molecule has 0 aromatic heterocycles. The second-order valence-corrected chi connectivity index (χ2v) is 6.36. The van der Waals surface area contributed by atoms with E-state index in [9.17, 15) is 13.2 Å². The molecule has 1 amide bonds. The molecule has 1 rings (SSSR count). The van der Waals surface area contributed by atoms with Gasteiger partial charge in [-0.1, -0.05) is 0 Å². The molecule has 0 bridgehead atoms. The maximum absolute atomic E-state index is 11.9. The fourth-order valence-corrected chi connectivity index (χ4v) is 2.53. The van der Waals surface area contributed by atoms with Crippen LogP contribution in [-0.4, -0.2) is 64.4 Å². The first-order chi connectivity index (χ1) is 8.28. The molecule has 1 unspecified atom stereocenters. The number of nitrogens with zero attached hydrogens (tertiary/aromatic N) is 2. The quantitative estimate of drug-likeness (QED) is 0.645. The Morgan fingerprint density at radius 3 is 2.72 bits per heavy atom. The van der Waals surface area contributed by atoms with E-state index in [0.717, 1.165) is 19.4 Å². The Balaban J connectivity index is 2.43. The standard InChI is InChI=1S/C10H22N4O3S/c1-13(2)8-10(15)14-5-3-4-9(7-14)6-12-18(11,16)17/h9,12H,3-8H2,1-2H3,(H2,11,16,17). The van der Waals surface area contributed by atoms with Crippen molar-refractivity contribution >= 4 is 16.1 Å². The number of likely N-dealkylation sites (tertiary alicyclic amines) is 1. The van der Waals surface area contributed by atoms with Crippen LogP contribution >= 0.6 is 0 Å². The molecule has 1 fully saturated rings. The number of nitrogens with one attached hydrogen (secondary N) is 1. The summed E-state index contributed by atoms with van der Waals surface area (Å²) in [6, 6.07) is 0. The molecule has 18 heavy (non-hydrogen) atoms. The summed E-state index contributed by atoms with van der Waals surface area (Å²) in [6.07, 6.45) is 1.81. The molecule has 1 atom stereocenters. The predicted octanol–water partition coefficient (Wildman–Crippen LogP) is -1.42. The van der Waals surface area contributed by atoms with Crippen molar-refractivity contribution in [3.63, 3.8) is 0 Å². The van der Waals surface area contributed by atoms with Crippen LogP contribution < -0.4 is 9.86 Å². The molecule has 3 N–H and O–H groups in total. The third-order valence-electron chi connectivity index (χ3n) is 2.90. The summed E-state index contributed by atoms with van der Waals surface area (Å²) in [4.78, 5) is 15.5. The molecule has 0 aromatic rings. The van der Waals surface area contributed by atoms with Crippen molar-refractivity contribution in [2.75, 3.05) is 40.3 Å². The smallest absolute Gasteiger partial charge is 0.274 e. The van der Waals surface area contributed by atoms with Crippen LogP contribution in [0.5, 0.6) is 0 Å². The van der Waals surface area contributed by atoms with E-state index in [4.69, 9.17) is 5.14 Å². The summed E-state index contributed by atoms with van der Waals surface area (Å²) >= 11 is 0. The van der Waals surface area contributed by atoms with Crippen molar-refractivity contribution in [2.45, 2.75) is 12.8 Å². The maximum Gasteiger partial charge on any atom is 0.274 e. The number of hydrogen-bond donors (Lipinski definition) is 2. The SMILES string of the molecule is CN(C)CC(=O)N1CCCC(CNS(N)(=O)=O)C1. The zero-order valence-electron chi connectivity index (χ0n) is 10.9. The summed E-state index contributed by atoms with van der Waals surface area (Å²) in [6.45, 7) is 2.02. The van der Waals surface area contributed by atoms with Gasteiger partial charge in [-0.05, 0) is 32.9 Å². The molecule has 106 valence electrons. The molecular weight excluding hydrogens is 256 g/mol. The van der Waals surface area contributed by atoms with E-state index in [-0.39, 0.29) is 11.8 Å². The van der Waals surface area contributed by atoms with Gasteiger partial charge in [-0.15, -0.1) is 0 Å². The summed E-state index contributed by atoms with van der Waals surface area (Å²) < 4.78 is 23.9. The normalized spacial score (nSPS) is 21.3. The molecule has 0 aliphatic carbocycles. The van der Waals surface area contributed by atoms with Gasteiger partial charge in [0, 0.05) is 19.6 Å². The molecule has 8 heteroatoms. The van der Waals surface area contributed by atoms with Gasteiger partial charge >= 0.3 is 0 Å². The van der Waals surface area contributed by atoms with Gasteiger partial charge in [0.15, 0.2) is 0 Å². The lowest BCUT2D eigenvalue weighted by Gasteiger charge is -2.33. The van der Waals surface area contributed by atoms with Crippen LogP contribution in [0.1, 0.15) is 12.8 Å². The van der Waals surface area contributed by atoms with E-state index in [0.29, 0.717) is 19.6 Å². The largest absolute Gasteiger partial charge is 0.341 e. The molecule has 1 aliphatic rings. The zero-order valence-corrected chi connectivity index (χ0v) is 11.7. The van der Waals surface area contributed by atoms with E-state index in [1.165, 1.54) is 0 Å².